The number of nitrogens with one attached hydrogen (secondary N) is 1. The van der Waals surface area contributed by atoms with E-state index in [2.05, 4.69) is 31.0 Å². The van der Waals surface area contributed by atoms with Gasteiger partial charge in [-0.2, -0.15) is 0 Å². The van der Waals surface area contributed by atoms with Gasteiger partial charge in [-0.25, -0.2) is 0 Å². The van der Waals surface area contributed by atoms with Gasteiger partial charge in [-0.1, -0.05) is 0 Å². The molecule has 25 heavy (non-hydrogen) atoms. The van der Waals surface area contributed by atoms with E-state index < -0.39 is 0 Å². The van der Waals surface area contributed by atoms with Gasteiger partial charge in [-0.15, -0.1) is 0 Å². The molecular weight excluding hydrogens is 388 g/mol. The lowest BCUT2D eigenvalue weighted by Gasteiger charge is -2.35. The van der Waals surface area contributed by atoms with Crippen molar-refractivity contribution in [3.8, 4) is 0 Å². The van der Waals surface area contributed by atoms with Crippen molar-refractivity contribution in [2.45, 2.75) is 12.8 Å². The van der Waals surface area contributed by atoms with Crippen molar-refractivity contribution in [1.82, 2.24) is 20.0 Å². The zero-order chi connectivity index (χ0) is 17.6. The highest BCUT2D eigenvalue weighted by molar-refractivity contribution is 9.10. The molecule has 2 aliphatic heterocycles. The first-order chi connectivity index (χ1) is 12.1. The second kappa shape index (κ2) is 8.82. The number of hydrogen-bond acceptors (Lipinski definition) is 5. The third kappa shape index (κ3) is 5.29. The molecule has 2 amide bonds. The molecule has 2 aliphatic rings. The lowest BCUT2D eigenvalue weighted by atomic mass is 10.3. The predicted molar refractivity (Wildman–Crippen MR) is 97.4 cm³/mol. The van der Waals surface area contributed by atoms with E-state index in [1.54, 1.807) is 12.1 Å². The van der Waals surface area contributed by atoms with Gasteiger partial charge in [-0.05, 0) is 54.0 Å². The highest BCUT2D eigenvalue weighted by Gasteiger charge is 2.22. The molecule has 0 spiro atoms. The Labute approximate surface area is 156 Å². The number of hydrogen-bond donors (Lipinski definition) is 1. The van der Waals surface area contributed by atoms with E-state index in [1.165, 1.54) is 25.9 Å². The van der Waals surface area contributed by atoms with Crippen LogP contribution in [0.4, 0.5) is 0 Å². The first-order valence-electron chi connectivity index (χ1n) is 8.88. The number of halogens is 1. The summed E-state index contributed by atoms with van der Waals surface area (Å²) in [6, 6.07) is 3.22. The Morgan fingerprint density at radius 1 is 1.00 bits per heavy atom. The van der Waals surface area contributed by atoms with Crippen LogP contribution in [0.5, 0.6) is 0 Å². The molecule has 0 aliphatic carbocycles. The Balaban J connectivity index is 1.34. The summed E-state index contributed by atoms with van der Waals surface area (Å²) in [5.41, 5.74) is 0. The maximum absolute atomic E-state index is 12.3. The van der Waals surface area contributed by atoms with E-state index in [0.717, 1.165) is 39.3 Å². The van der Waals surface area contributed by atoms with Crippen LogP contribution in [0.3, 0.4) is 0 Å². The highest BCUT2D eigenvalue weighted by atomic mass is 79.9. The molecule has 0 saturated carbocycles. The summed E-state index contributed by atoms with van der Waals surface area (Å²) in [5.74, 6) is -0.215. The molecule has 0 unspecified atom stereocenters. The maximum atomic E-state index is 12.3. The third-order valence-electron chi connectivity index (χ3n) is 4.85. The molecule has 0 atom stereocenters. The summed E-state index contributed by atoms with van der Waals surface area (Å²) < 4.78 is 5.67. The van der Waals surface area contributed by atoms with Gasteiger partial charge in [0, 0.05) is 39.3 Å². The van der Waals surface area contributed by atoms with Crippen LogP contribution in [-0.4, -0.2) is 85.4 Å². The molecule has 138 valence electrons. The quantitative estimate of drug-likeness (QED) is 0.754. The van der Waals surface area contributed by atoms with Gasteiger partial charge in [-0.3, -0.25) is 14.5 Å². The topological polar surface area (TPSA) is 69.0 Å². The fraction of sp³-hybridized carbons (Fsp3) is 0.647. The molecule has 1 aromatic rings. The summed E-state index contributed by atoms with van der Waals surface area (Å²) in [5, 5.41) is 2.62. The second-order valence-corrected chi connectivity index (χ2v) is 7.34. The molecule has 2 fully saturated rings. The molecule has 1 aromatic heterocycles. The van der Waals surface area contributed by atoms with Gasteiger partial charge in [0.1, 0.15) is 0 Å². The molecule has 3 heterocycles. The minimum Gasteiger partial charge on any atom is -0.444 e. The number of amides is 2. The van der Waals surface area contributed by atoms with Gasteiger partial charge in [0.05, 0.1) is 6.54 Å². The normalized spacial score (nSPS) is 19.3. The first-order valence-corrected chi connectivity index (χ1v) is 9.67. The van der Waals surface area contributed by atoms with Gasteiger partial charge >= 0.3 is 0 Å². The number of rotatable bonds is 6. The van der Waals surface area contributed by atoms with Crippen molar-refractivity contribution < 1.29 is 14.0 Å². The molecule has 0 radical (unpaired) electrons. The second-order valence-electron chi connectivity index (χ2n) is 6.56. The number of carbonyl (C=O) groups is 2. The van der Waals surface area contributed by atoms with Crippen molar-refractivity contribution in [1.29, 1.82) is 0 Å². The van der Waals surface area contributed by atoms with Crippen LogP contribution in [0.2, 0.25) is 0 Å². The number of carbonyl (C=O) groups excluding carboxylic acids is 2. The van der Waals surface area contributed by atoms with Crippen molar-refractivity contribution >= 4 is 27.7 Å². The summed E-state index contributed by atoms with van der Waals surface area (Å²) in [6.45, 7) is 7.91. The Kier molecular flexibility index (Phi) is 6.50. The molecule has 0 bridgehead atoms. The maximum Gasteiger partial charge on any atom is 0.287 e. The average molecular weight is 413 g/mol. The largest absolute Gasteiger partial charge is 0.444 e. The number of piperazine rings is 1. The monoisotopic (exact) mass is 412 g/mol. The van der Waals surface area contributed by atoms with Crippen LogP contribution in [0, 0.1) is 0 Å². The summed E-state index contributed by atoms with van der Waals surface area (Å²) in [7, 11) is 0. The van der Waals surface area contributed by atoms with Crippen molar-refractivity contribution in [2.75, 3.05) is 58.9 Å². The van der Waals surface area contributed by atoms with Gasteiger partial charge < -0.3 is 19.5 Å². The summed E-state index contributed by atoms with van der Waals surface area (Å²) >= 11 is 3.15. The van der Waals surface area contributed by atoms with E-state index in [1.807, 2.05) is 4.90 Å². The standard InChI is InChI=1S/C17H25BrN4O3/c18-15-4-3-14(25-15)17(24)19-13-16(23)22-11-9-21(10-12-22)8-7-20-5-1-2-6-20/h3-4H,1-2,5-13H2,(H,19,24). The fourth-order valence-corrected chi connectivity index (χ4v) is 3.61. The van der Waals surface area contributed by atoms with Gasteiger partial charge in [0.2, 0.25) is 5.91 Å². The number of nitrogens with zero attached hydrogens (tertiary/aromatic N) is 3. The summed E-state index contributed by atoms with van der Waals surface area (Å²) in [6.07, 6.45) is 2.64. The predicted octanol–water partition coefficient (Wildman–Crippen LogP) is 1.01. The van der Waals surface area contributed by atoms with Crippen LogP contribution in [-0.2, 0) is 4.79 Å². The molecule has 7 nitrogen and oxygen atoms in total. The van der Waals surface area contributed by atoms with Crippen LogP contribution in [0.25, 0.3) is 0 Å². The molecule has 3 rings (SSSR count). The minimum absolute atomic E-state index is 0.00489. The number of likely N-dealkylation sites (tertiary alicyclic amines) is 1. The Morgan fingerprint density at radius 3 is 2.24 bits per heavy atom. The molecule has 2 saturated heterocycles. The molecular formula is C17H25BrN4O3. The smallest absolute Gasteiger partial charge is 0.287 e. The van der Waals surface area contributed by atoms with Crippen LogP contribution in [0.15, 0.2) is 21.2 Å². The van der Waals surface area contributed by atoms with Crippen molar-refractivity contribution in [2.24, 2.45) is 0 Å². The minimum atomic E-state index is -0.372. The molecule has 1 N–H and O–H groups in total. The lowest BCUT2D eigenvalue weighted by Crippen LogP contribution is -2.52. The van der Waals surface area contributed by atoms with Crippen molar-refractivity contribution in [3.05, 3.63) is 22.6 Å². The molecule has 8 heteroatoms. The fourth-order valence-electron chi connectivity index (χ4n) is 3.30. The van der Waals surface area contributed by atoms with Crippen LogP contribution >= 0.6 is 15.9 Å². The SMILES string of the molecule is O=C(NCC(=O)N1CCN(CCN2CCCC2)CC1)c1ccc(Br)o1. The zero-order valence-electron chi connectivity index (χ0n) is 14.4. The van der Waals surface area contributed by atoms with Gasteiger partial charge in [0.15, 0.2) is 10.4 Å². The van der Waals surface area contributed by atoms with Crippen LogP contribution in [0.1, 0.15) is 23.4 Å². The van der Waals surface area contributed by atoms with E-state index in [9.17, 15) is 9.59 Å². The number of furan rings is 1. The van der Waals surface area contributed by atoms with E-state index >= 15 is 0 Å². The first kappa shape index (κ1) is 18.4. The molecule has 0 aromatic carbocycles. The third-order valence-corrected chi connectivity index (χ3v) is 5.28. The van der Waals surface area contributed by atoms with Crippen LogP contribution < -0.4 is 5.32 Å². The average Bonchev–Trinajstić information content (AvgIpc) is 3.29. The lowest BCUT2D eigenvalue weighted by molar-refractivity contribution is -0.131. The van der Waals surface area contributed by atoms with Gasteiger partial charge in [0.25, 0.3) is 5.91 Å². The Morgan fingerprint density at radius 2 is 1.64 bits per heavy atom. The van der Waals surface area contributed by atoms with E-state index in [4.69, 9.17) is 4.42 Å². The zero-order valence-corrected chi connectivity index (χ0v) is 16.0. The van der Waals surface area contributed by atoms with Crippen molar-refractivity contribution in [3.63, 3.8) is 0 Å². The summed E-state index contributed by atoms with van der Waals surface area (Å²) in [4.78, 5) is 30.9. The van der Waals surface area contributed by atoms with E-state index in [0.29, 0.717) is 4.67 Å². The van der Waals surface area contributed by atoms with E-state index in [-0.39, 0.29) is 24.1 Å². The highest BCUT2D eigenvalue weighted by Crippen LogP contribution is 2.13. The Bertz CT molecular complexity index is 592. The Hall–Kier alpha value is -1.38.